The van der Waals surface area contributed by atoms with Crippen molar-refractivity contribution in [1.29, 1.82) is 0 Å². The number of aliphatic hydroxyl groups excluding tert-OH is 1. The van der Waals surface area contributed by atoms with Gasteiger partial charge in [0.05, 0.1) is 18.7 Å². The Hall–Kier alpha value is -1.04. The fraction of sp³-hybridized carbons (Fsp3) is 0.583. The lowest BCUT2D eigenvalue weighted by molar-refractivity contribution is -0.132. The number of nitrogens with one attached hydrogen (secondary N) is 1. The van der Waals surface area contributed by atoms with Crippen LogP contribution in [0.3, 0.4) is 0 Å². The third-order valence-corrected chi connectivity index (χ3v) is 2.97. The van der Waals surface area contributed by atoms with Crippen LogP contribution in [0.25, 0.3) is 0 Å². The van der Waals surface area contributed by atoms with Gasteiger partial charge in [0.1, 0.15) is 11.5 Å². The number of rotatable bonds is 3. The zero-order chi connectivity index (χ0) is 12.4. The van der Waals surface area contributed by atoms with Gasteiger partial charge >= 0.3 is 0 Å². The van der Waals surface area contributed by atoms with Crippen LogP contribution in [0.15, 0.2) is 16.5 Å². The zero-order valence-electron chi connectivity index (χ0n) is 10.5. The third-order valence-electron chi connectivity index (χ3n) is 2.97. The Balaban J connectivity index is 0.00000162. The lowest BCUT2D eigenvalue weighted by Gasteiger charge is -2.19. The monoisotopic (exact) mass is 274 g/mol. The fourth-order valence-electron chi connectivity index (χ4n) is 2.05. The predicted molar refractivity (Wildman–Crippen MR) is 69.6 cm³/mol. The van der Waals surface area contributed by atoms with E-state index in [1.54, 1.807) is 11.9 Å². The molecule has 1 aromatic rings. The lowest BCUT2D eigenvalue weighted by atomic mass is 10.2. The first-order chi connectivity index (χ1) is 8.06. The average molecular weight is 275 g/mol. The molecule has 0 saturated carbocycles. The molecule has 1 aromatic heterocycles. The summed E-state index contributed by atoms with van der Waals surface area (Å²) < 4.78 is 5.42. The Bertz CT molecular complexity index is 408. The van der Waals surface area contributed by atoms with Gasteiger partial charge in [0.2, 0.25) is 5.91 Å². The van der Waals surface area contributed by atoms with Gasteiger partial charge in [-0.25, -0.2) is 0 Å². The normalized spacial score (nSPS) is 22.6. The molecule has 1 aliphatic heterocycles. The topological polar surface area (TPSA) is 65.7 Å². The number of furan rings is 1. The molecular weight excluding hydrogens is 256 g/mol. The summed E-state index contributed by atoms with van der Waals surface area (Å²) in [5.41, 5.74) is 0. The first-order valence-corrected chi connectivity index (χ1v) is 5.78. The van der Waals surface area contributed by atoms with E-state index in [4.69, 9.17) is 4.42 Å². The quantitative estimate of drug-likeness (QED) is 0.851. The van der Waals surface area contributed by atoms with Crippen molar-refractivity contribution in [2.24, 2.45) is 0 Å². The second-order valence-electron chi connectivity index (χ2n) is 4.56. The van der Waals surface area contributed by atoms with Crippen molar-refractivity contribution in [2.45, 2.75) is 32.0 Å². The van der Waals surface area contributed by atoms with Crippen LogP contribution in [0.5, 0.6) is 0 Å². The zero-order valence-corrected chi connectivity index (χ0v) is 11.4. The van der Waals surface area contributed by atoms with Crippen molar-refractivity contribution in [2.75, 3.05) is 13.6 Å². The van der Waals surface area contributed by atoms with E-state index >= 15 is 0 Å². The van der Waals surface area contributed by atoms with Crippen molar-refractivity contribution in [3.63, 3.8) is 0 Å². The minimum Gasteiger partial charge on any atom is -0.464 e. The first-order valence-electron chi connectivity index (χ1n) is 5.78. The van der Waals surface area contributed by atoms with Crippen molar-refractivity contribution < 1.29 is 14.3 Å². The summed E-state index contributed by atoms with van der Waals surface area (Å²) in [6, 6.07) is 3.48. The number of carbonyl (C=O) groups excluding carboxylic acids is 1. The number of carbonyl (C=O) groups is 1. The first kappa shape index (κ1) is 15.0. The minimum atomic E-state index is -0.414. The van der Waals surface area contributed by atoms with E-state index in [2.05, 4.69) is 5.32 Å². The fourth-order valence-corrected chi connectivity index (χ4v) is 2.05. The minimum absolute atomic E-state index is 0. The molecule has 0 radical (unpaired) electrons. The van der Waals surface area contributed by atoms with E-state index in [9.17, 15) is 9.90 Å². The van der Waals surface area contributed by atoms with E-state index in [0.29, 0.717) is 19.5 Å². The highest BCUT2D eigenvalue weighted by Gasteiger charge is 2.30. The number of aryl methyl sites for hydroxylation is 1. The maximum atomic E-state index is 12.0. The van der Waals surface area contributed by atoms with Crippen LogP contribution in [0, 0.1) is 6.92 Å². The van der Waals surface area contributed by atoms with Gasteiger partial charge < -0.3 is 19.7 Å². The van der Waals surface area contributed by atoms with Crippen LogP contribution >= 0.6 is 12.4 Å². The predicted octanol–water partition coefficient (Wildman–Crippen LogP) is 0.691. The summed E-state index contributed by atoms with van der Waals surface area (Å²) in [6.45, 7) is 2.82. The molecule has 5 nitrogen and oxygen atoms in total. The smallest absolute Gasteiger partial charge is 0.239 e. The standard InChI is InChI=1S/C12H18N2O3.ClH/c1-8-3-4-10(17-8)7-14(2)12(16)11-5-9(15)6-13-11;/h3-4,9,11,13,15H,5-7H2,1-2H3;1H. The van der Waals surface area contributed by atoms with Gasteiger partial charge in [-0.1, -0.05) is 0 Å². The molecular formula is C12H19ClN2O3. The van der Waals surface area contributed by atoms with E-state index in [-0.39, 0.29) is 24.4 Å². The highest BCUT2D eigenvalue weighted by molar-refractivity contribution is 5.85. The van der Waals surface area contributed by atoms with E-state index in [0.717, 1.165) is 11.5 Å². The molecule has 2 rings (SSSR count). The number of aliphatic hydroxyl groups is 1. The maximum absolute atomic E-state index is 12.0. The van der Waals surface area contributed by atoms with Crippen molar-refractivity contribution >= 4 is 18.3 Å². The Kier molecular flexibility index (Phi) is 5.19. The van der Waals surface area contributed by atoms with Gasteiger partial charge in [0.25, 0.3) is 0 Å². The van der Waals surface area contributed by atoms with Crippen molar-refractivity contribution in [1.82, 2.24) is 10.2 Å². The second kappa shape index (κ2) is 6.22. The highest BCUT2D eigenvalue weighted by Crippen LogP contribution is 2.12. The molecule has 1 amide bonds. The molecule has 0 aromatic carbocycles. The van der Waals surface area contributed by atoms with Gasteiger partial charge in [-0.15, -0.1) is 12.4 Å². The number of β-amino-alcohol motifs (C(OH)–C–C–N with tert-alkyl or cyclic N) is 1. The molecule has 102 valence electrons. The Morgan fingerprint density at radius 3 is 2.83 bits per heavy atom. The molecule has 2 atom stereocenters. The van der Waals surface area contributed by atoms with Crippen molar-refractivity contribution in [3.8, 4) is 0 Å². The second-order valence-corrected chi connectivity index (χ2v) is 4.56. The van der Waals surface area contributed by atoms with Crippen LogP contribution in [-0.4, -0.2) is 41.7 Å². The van der Waals surface area contributed by atoms with Crippen molar-refractivity contribution in [3.05, 3.63) is 23.7 Å². The van der Waals surface area contributed by atoms with E-state index < -0.39 is 6.10 Å². The van der Waals surface area contributed by atoms with Crippen LogP contribution in [0.1, 0.15) is 17.9 Å². The van der Waals surface area contributed by atoms with Gasteiger partial charge in [0, 0.05) is 13.6 Å². The third kappa shape index (κ3) is 3.48. The molecule has 18 heavy (non-hydrogen) atoms. The summed E-state index contributed by atoms with van der Waals surface area (Å²) in [5, 5.41) is 12.4. The molecule has 1 fully saturated rings. The number of amides is 1. The molecule has 0 aliphatic carbocycles. The van der Waals surface area contributed by atoms with E-state index in [1.165, 1.54) is 0 Å². The van der Waals surface area contributed by atoms with Crippen LogP contribution in [0.2, 0.25) is 0 Å². The number of halogens is 1. The SMILES string of the molecule is Cc1ccc(CN(C)C(=O)C2CC(O)CN2)o1.Cl. The summed E-state index contributed by atoms with van der Waals surface area (Å²) in [4.78, 5) is 13.6. The maximum Gasteiger partial charge on any atom is 0.239 e. The molecule has 2 heterocycles. The van der Waals surface area contributed by atoms with Gasteiger partial charge in [-0.05, 0) is 25.5 Å². The van der Waals surface area contributed by atoms with Crippen LogP contribution in [0.4, 0.5) is 0 Å². The van der Waals surface area contributed by atoms with Crippen LogP contribution in [-0.2, 0) is 11.3 Å². The molecule has 0 spiro atoms. The number of hydrogen-bond donors (Lipinski definition) is 2. The Morgan fingerprint density at radius 1 is 1.61 bits per heavy atom. The molecule has 2 unspecified atom stereocenters. The lowest BCUT2D eigenvalue weighted by Crippen LogP contribution is -2.41. The van der Waals surface area contributed by atoms with Gasteiger partial charge in [-0.3, -0.25) is 4.79 Å². The van der Waals surface area contributed by atoms with Crippen LogP contribution < -0.4 is 5.32 Å². The molecule has 1 aliphatic rings. The summed E-state index contributed by atoms with van der Waals surface area (Å²) in [7, 11) is 1.74. The van der Waals surface area contributed by atoms with Gasteiger partial charge in [-0.2, -0.15) is 0 Å². The summed E-state index contributed by atoms with van der Waals surface area (Å²) >= 11 is 0. The molecule has 6 heteroatoms. The number of hydrogen-bond acceptors (Lipinski definition) is 4. The average Bonchev–Trinajstić information content (AvgIpc) is 2.87. The molecule has 1 saturated heterocycles. The largest absolute Gasteiger partial charge is 0.464 e. The van der Waals surface area contributed by atoms with E-state index in [1.807, 2.05) is 19.1 Å². The Labute approximate surface area is 113 Å². The summed E-state index contributed by atoms with van der Waals surface area (Å²) in [5.74, 6) is 1.61. The number of likely N-dealkylation sites (N-methyl/N-ethyl adjacent to an activating group) is 1. The molecule has 2 N–H and O–H groups in total. The Morgan fingerprint density at radius 2 is 2.33 bits per heavy atom. The number of nitrogens with zero attached hydrogens (tertiary/aromatic N) is 1. The van der Waals surface area contributed by atoms with Gasteiger partial charge in [0.15, 0.2) is 0 Å². The highest BCUT2D eigenvalue weighted by atomic mass is 35.5. The molecule has 0 bridgehead atoms. The summed E-state index contributed by atoms with van der Waals surface area (Å²) in [6.07, 6.45) is 0.0728.